The van der Waals surface area contributed by atoms with Gasteiger partial charge < -0.3 is 8.85 Å². The fourth-order valence-electron chi connectivity index (χ4n) is 6.51. The first-order valence-electron chi connectivity index (χ1n) is 15.5. The molecule has 0 spiro atoms. The van der Waals surface area contributed by atoms with Crippen LogP contribution in [-0.4, -0.2) is 28.8 Å². The van der Waals surface area contributed by atoms with E-state index >= 15 is 0 Å². The van der Waals surface area contributed by atoms with Gasteiger partial charge in [0.05, 0.1) is 6.10 Å². The van der Waals surface area contributed by atoms with Gasteiger partial charge in [0.15, 0.2) is 0 Å². The van der Waals surface area contributed by atoms with Gasteiger partial charge in [-0.2, -0.15) is 0 Å². The summed E-state index contributed by atoms with van der Waals surface area (Å²) < 4.78 is 15.2. The summed E-state index contributed by atoms with van der Waals surface area (Å²) in [5, 5.41) is 4.30. The number of rotatable bonds is 11. The Morgan fingerprint density at radius 3 is 1.14 bits per heavy atom. The molecule has 0 aliphatic carbocycles. The molecule has 0 fully saturated rings. The summed E-state index contributed by atoms with van der Waals surface area (Å²) in [6.45, 7) is 13.7. The highest BCUT2D eigenvalue weighted by Gasteiger charge is 2.55. The predicted octanol–water partition coefficient (Wildman–Crippen LogP) is 6.92. The summed E-state index contributed by atoms with van der Waals surface area (Å²) >= 11 is 0. The van der Waals surface area contributed by atoms with Gasteiger partial charge in [0, 0.05) is 6.42 Å². The molecular formula is C40H46O2Si2. The van der Waals surface area contributed by atoms with E-state index in [0.29, 0.717) is 12.8 Å². The number of terminal acetylenes is 2. The van der Waals surface area contributed by atoms with Crippen molar-refractivity contribution in [3.8, 4) is 24.7 Å². The number of benzene rings is 4. The van der Waals surface area contributed by atoms with Crippen molar-refractivity contribution < 1.29 is 8.85 Å². The average molecular weight is 615 g/mol. The standard InChI is InChI=1S/C40H46O2Si2/c1-9-11-32-38(42-44(40(6,7)8,35-28-20-14-21-29-35)36-30-22-15-23-31-36)37(10-2)41-43(39(3,4)5,33-24-16-12-17-25-33)34-26-18-13-19-27-34/h1-2,12-31,37-38H,11,32H2,3-8H3. The normalized spacial score (nSPS) is 13.8. The molecule has 44 heavy (non-hydrogen) atoms. The van der Waals surface area contributed by atoms with Crippen molar-refractivity contribution in [2.75, 3.05) is 0 Å². The lowest BCUT2D eigenvalue weighted by Gasteiger charge is -2.48. The minimum atomic E-state index is -2.97. The van der Waals surface area contributed by atoms with E-state index in [-0.39, 0.29) is 10.1 Å². The number of hydrogen-bond acceptors (Lipinski definition) is 2. The van der Waals surface area contributed by atoms with Gasteiger partial charge in [-0.05, 0) is 37.2 Å². The minimum absolute atomic E-state index is 0.222. The Bertz CT molecular complexity index is 1460. The lowest BCUT2D eigenvalue weighted by atomic mass is 10.1. The largest absolute Gasteiger partial charge is 0.401 e. The van der Waals surface area contributed by atoms with Crippen LogP contribution >= 0.6 is 0 Å². The van der Waals surface area contributed by atoms with Crippen LogP contribution in [0.1, 0.15) is 54.4 Å². The summed E-state index contributed by atoms with van der Waals surface area (Å²) in [5.74, 6) is 5.96. The van der Waals surface area contributed by atoms with Crippen molar-refractivity contribution in [3.63, 3.8) is 0 Å². The van der Waals surface area contributed by atoms with E-state index < -0.39 is 28.8 Å². The summed E-state index contributed by atoms with van der Waals surface area (Å²) in [5.41, 5.74) is 0. The topological polar surface area (TPSA) is 18.5 Å². The predicted molar refractivity (Wildman–Crippen MR) is 192 cm³/mol. The van der Waals surface area contributed by atoms with Crippen molar-refractivity contribution in [1.82, 2.24) is 0 Å². The third-order valence-electron chi connectivity index (χ3n) is 8.54. The van der Waals surface area contributed by atoms with Gasteiger partial charge in [-0.15, -0.1) is 18.8 Å². The third-order valence-corrected chi connectivity index (χ3v) is 18.6. The van der Waals surface area contributed by atoms with Gasteiger partial charge in [0.1, 0.15) is 6.10 Å². The molecule has 4 heteroatoms. The van der Waals surface area contributed by atoms with Crippen molar-refractivity contribution in [1.29, 1.82) is 0 Å². The first-order chi connectivity index (χ1) is 21.0. The molecule has 2 unspecified atom stereocenters. The quantitative estimate of drug-likeness (QED) is 0.135. The molecule has 0 saturated heterocycles. The zero-order valence-corrected chi connectivity index (χ0v) is 29.1. The van der Waals surface area contributed by atoms with E-state index in [1.54, 1.807) is 0 Å². The highest BCUT2D eigenvalue weighted by Crippen LogP contribution is 2.41. The van der Waals surface area contributed by atoms with Crippen LogP contribution in [0, 0.1) is 24.7 Å². The van der Waals surface area contributed by atoms with Crippen molar-refractivity contribution in [3.05, 3.63) is 121 Å². The zero-order valence-electron chi connectivity index (χ0n) is 27.1. The maximum absolute atomic E-state index is 7.66. The van der Waals surface area contributed by atoms with E-state index in [1.165, 1.54) is 20.7 Å². The van der Waals surface area contributed by atoms with Crippen molar-refractivity contribution in [2.24, 2.45) is 0 Å². The molecule has 0 heterocycles. The lowest BCUT2D eigenvalue weighted by molar-refractivity contribution is 0.0697. The van der Waals surface area contributed by atoms with Gasteiger partial charge in [-0.3, -0.25) is 0 Å². The molecular weight excluding hydrogens is 569 g/mol. The molecule has 2 nitrogen and oxygen atoms in total. The Balaban J connectivity index is 1.95. The highest BCUT2D eigenvalue weighted by atomic mass is 28.4. The summed E-state index contributed by atoms with van der Waals surface area (Å²) in [6, 6.07) is 42.6. The highest BCUT2D eigenvalue weighted by molar-refractivity contribution is 7.00. The molecule has 4 aromatic carbocycles. The van der Waals surface area contributed by atoms with Crippen LogP contribution in [0.3, 0.4) is 0 Å². The summed E-state index contributed by atoms with van der Waals surface area (Å²) in [6.07, 6.45) is 12.4. The van der Waals surface area contributed by atoms with Gasteiger partial charge in [0.25, 0.3) is 16.6 Å². The second-order valence-corrected chi connectivity index (χ2v) is 21.9. The molecule has 4 aromatic rings. The van der Waals surface area contributed by atoms with Crippen molar-refractivity contribution >= 4 is 37.4 Å². The van der Waals surface area contributed by atoms with Crippen LogP contribution in [-0.2, 0) is 8.85 Å². The first kappa shape index (κ1) is 33.3. The van der Waals surface area contributed by atoms with E-state index in [0.717, 1.165) is 0 Å². The van der Waals surface area contributed by atoms with Crippen LogP contribution in [0.5, 0.6) is 0 Å². The molecule has 0 aliphatic rings. The molecule has 2 atom stereocenters. The Morgan fingerprint density at radius 2 is 0.864 bits per heavy atom. The monoisotopic (exact) mass is 614 g/mol. The van der Waals surface area contributed by atoms with Crippen molar-refractivity contribution in [2.45, 2.75) is 76.7 Å². The first-order valence-corrected chi connectivity index (χ1v) is 19.3. The second kappa shape index (κ2) is 14.0. The summed E-state index contributed by atoms with van der Waals surface area (Å²) in [4.78, 5) is 0. The van der Waals surface area contributed by atoms with Crippen LogP contribution in [0.2, 0.25) is 10.1 Å². The summed E-state index contributed by atoms with van der Waals surface area (Å²) in [7, 11) is -5.92. The van der Waals surface area contributed by atoms with Crippen LogP contribution in [0.15, 0.2) is 121 Å². The molecule has 0 aliphatic heterocycles. The van der Waals surface area contributed by atoms with Gasteiger partial charge >= 0.3 is 0 Å². The molecule has 0 saturated carbocycles. The molecule has 0 aromatic heterocycles. The van der Waals surface area contributed by atoms with E-state index in [1.807, 2.05) is 0 Å². The van der Waals surface area contributed by atoms with Crippen LogP contribution in [0.25, 0.3) is 0 Å². The molecule has 0 N–H and O–H groups in total. The Labute approximate surface area is 268 Å². The second-order valence-electron chi connectivity index (χ2n) is 13.4. The lowest BCUT2D eigenvalue weighted by Crippen LogP contribution is -2.71. The fraction of sp³-hybridized carbons (Fsp3) is 0.300. The molecule has 226 valence electrons. The van der Waals surface area contributed by atoms with Gasteiger partial charge in [-0.1, -0.05) is 169 Å². The van der Waals surface area contributed by atoms with Gasteiger partial charge in [0.2, 0.25) is 0 Å². The third kappa shape index (κ3) is 6.56. The molecule has 4 rings (SSSR count). The van der Waals surface area contributed by atoms with E-state index in [9.17, 15) is 0 Å². The Kier molecular flexibility index (Phi) is 10.6. The van der Waals surface area contributed by atoms with E-state index in [4.69, 9.17) is 21.7 Å². The van der Waals surface area contributed by atoms with E-state index in [2.05, 4.69) is 175 Å². The van der Waals surface area contributed by atoms with Crippen LogP contribution in [0.4, 0.5) is 0 Å². The minimum Gasteiger partial charge on any atom is -0.401 e. The van der Waals surface area contributed by atoms with Gasteiger partial charge in [-0.25, -0.2) is 0 Å². The molecule has 0 amide bonds. The molecule has 0 bridgehead atoms. The SMILES string of the molecule is C#CCCC(O[Si](c1ccccc1)(c1ccccc1)C(C)(C)C)C(C#C)O[Si](c1ccccc1)(c1ccccc1)C(C)(C)C. The molecule has 0 radical (unpaired) electrons. The van der Waals surface area contributed by atoms with Crippen LogP contribution < -0.4 is 20.7 Å². The Hall–Kier alpha value is -3.65. The number of hydrogen-bond donors (Lipinski definition) is 0. The maximum Gasteiger partial charge on any atom is 0.262 e. The smallest absolute Gasteiger partial charge is 0.262 e. The maximum atomic E-state index is 7.66. The average Bonchev–Trinajstić information content (AvgIpc) is 3.03. The fourth-order valence-corrected chi connectivity index (χ4v) is 15.8. The Morgan fingerprint density at radius 1 is 0.545 bits per heavy atom. The zero-order chi connectivity index (χ0) is 31.8.